The van der Waals surface area contributed by atoms with E-state index in [-0.39, 0.29) is 0 Å². The van der Waals surface area contributed by atoms with Gasteiger partial charge in [-0.1, -0.05) is 0 Å². The summed E-state index contributed by atoms with van der Waals surface area (Å²) in [6, 6.07) is -0.726. The second-order valence-corrected chi connectivity index (χ2v) is 2.54. The van der Waals surface area contributed by atoms with Crippen molar-refractivity contribution in [2.24, 2.45) is 0 Å². The van der Waals surface area contributed by atoms with Gasteiger partial charge < -0.3 is 26.5 Å². The smallest absolute Gasteiger partial charge is 0.125 e. The normalized spacial score (nSPS) is 15.9. The lowest BCUT2D eigenvalue weighted by atomic mass is 10.1. The van der Waals surface area contributed by atoms with Crippen LogP contribution in [0.1, 0.15) is 12.8 Å². The Morgan fingerprint density at radius 1 is 1.55 bits per heavy atom. The van der Waals surface area contributed by atoms with Crippen molar-refractivity contribution in [3.8, 4) is 0 Å². The molecule has 0 spiro atoms. The van der Waals surface area contributed by atoms with Crippen molar-refractivity contribution in [2.75, 3.05) is 6.54 Å². The fraction of sp³-hybridized carbons (Fsp3) is 0.833. The average Bonchev–Trinajstić information content (AvgIpc) is 1.99. The zero-order valence-electron chi connectivity index (χ0n) is 6.45. The quantitative estimate of drug-likeness (QED) is 0.381. The van der Waals surface area contributed by atoms with Crippen molar-refractivity contribution >= 4 is 5.97 Å². The van der Waals surface area contributed by atoms with Gasteiger partial charge in [0.15, 0.2) is 0 Å². The van der Waals surface area contributed by atoms with Gasteiger partial charge in [0, 0.05) is 6.42 Å². The number of quaternary nitrogens is 2. The topological polar surface area (TPSA) is 116 Å². The molecule has 0 rings (SSSR count). The van der Waals surface area contributed by atoms with Gasteiger partial charge in [-0.05, 0) is 6.42 Å². The van der Waals surface area contributed by atoms with E-state index in [4.69, 9.17) is 5.11 Å². The summed E-state index contributed by atoms with van der Waals surface area (Å²) in [5.74, 6) is -1.17. The van der Waals surface area contributed by atoms with Crippen LogP contribution in [0.3, 0.4) is 0 Å². The van der Waals surface area contributed by atoms with E-state index in [9.17, 15) is 9.90 Å². The predicted octanol–water partition coefficient (Wildman–Crippen LogP) is -4.27. The van der Waals surface area contributed by atoms with Crippen LogP contribution < -0.4 is 16.6 Å². The molecule has 0 heterocycles. The molecule has 0 radical (unpaired) electrons. The Labute approximate surface area is 65.0 Å². The highest BCUT2D eigenvalue weighted by Crippen LogP contribution is 1.96. The largest absolute Gasteiger partial charge is 0.544 e. The van der Waals surface area contributed by atoms with Gasteiger partial charge in [-0.2, -0.15) is 0 Å². The molecule has 1 unspecified atom stereocenters. The third-order valence-corrected chi connectivity index (χ3v) is 1.51. The van der Waals surface area contributed by atoms with Crippen molar-refractivity contribution in [3.05, 3.63) is 0 Å². The van der Waals surface area contributed by atoms with Crippen LogP contribution in [-0.4, -0.2) is 29.8 Å². The van der Waals surface area contributed by atoms with Gasteiger partial charge in [-0.25, -0.2) is 0 Å². The van der Waals surface area contributed by atoms with Crippen LogP contribution in [0.2, 0.25) is 0 Å². The van der Waals surface area contributed by atoms with Crippen LogP contribution in [-0.2, 0) is 4.79 Å². The Hall–Kier alpha value is -0.650. The van der Waals surface area contributed by atoms with E-state index >= 15 is 0 Å². The van der Waals surface area contributed by atoms with Crippen LogP contribution in [0.5, 0.6) is 0 Å². The van der Waals surface area contributed by atoms with Crippen LogP contribution in [0.15, 0.2) is 0 Å². The lowest BCUT2D eigenvalue weighted by Crippen LogP contribution is -2.68. The second-order valence-electron chi connectivity index (χ2n) is 2.54. The molecule has 5 heteroatoms. The molecule has 0 aromatic rings. The van der Waals surface area contributed by atoms with Crippen molar-refractivity contribution < 1.29 is 26.5 Å². The summed E-state index contributed by atoms with van der Waals surface area (Å²) < 4.78 is 0. The first-order chi connectivity index (χ1) is 5.07. The number of carboxylic acid groups (broad SMARTS) is 1. The molecule has 0 bridgehead atoms. The number of aliphatic hydroxyl groups is 1. The number of rotatable bonds is 5. The third kappa shape index (κ3) is 4.72. The Bertz CT molecular complexity index is 129. The molecular formula is C6H15N2O3+. The SMILES string of the molecule is [NH3+]CC(O)CC[C@H]([NH3+])C(=O)[O-]. The van der Waals surface area contributed by atoms with Crippen LogP contribution in [0.25, 0.3) is 0 Å². The maximum atomic E-state index is 10.1. The molecule has 0 saturated heterocycles. The number of carbonyl (C=O) groups excluding carboxylic acids is 1. The second kappa shape index (κ2) is 5.06. The first kappa shape index (κ1) is 10.3. The molecular weight excluding hydrogens is 148 g/mol. The molecule has 2 atom stereocenters. The predicted molar refractivity (Wildman–Crippen MR) is 34.7 cm³/mol. The van der Waals surface area contributed by atoms with Crippen molar-refractivity contribution in [3.63, 3.8) is 0 Å². The first-order valence-electron chi connectivity index (χ1n) is 3.59. The van der Waals surface area contributed by atoms with E-state index in [1.54, 1.807) is 0 Å². The Balaban J connectivity index is 3.45. The number of aliphatic hydroxyl groups excluding tert-OH is 1. The van der Waals surface area contributed by atoms with Crippen molar-refractivity contribution in [1.82, 2.24) is 0 Å². The van der Waals surface area contributed by atoms with Crippen molar-refractivity contribution in [1.29, 1.82) is 0 Å². The van der Waals surface area contributed by atoms with Gasteiger partial charge in [0.2, 0.25) is 0 Å². The number of carboxylic acids is 1. The highest BCUT2D eigenvalue weighted by Gasteiger charge is 2.10. The zero-order valence-corrected chi connectivity index (χ0v) is 6.45. The molecule has 5 nitrogen and oxygen atoms in total. The highest BCUT2D eigenvalue weighted by molar-refractivity contribution is 5.68. The fourth-order valence-electron chi connectivity index (χ4n) is 0.656. The molecule has 66 valence electrons. The Morgan fingerprint density at radius 3 is 2.45 bits per heavy atom. The summed E-state index contributed by atoms with van der Waals surface area (Å²) in [6.45, 7) is 0.403. The zero-order chi connectivity index (χ0) is 8.85. The molecule has 0 aliphatic carbocycles. The summed E-state index contributed by atoms with van der Waals surface area (Å²) in [6.07, 6.45) is 0.253. The minimum absolute atomic E-state index is 0.346. The summed E-state index contributed by atoms with van der Waals surface area (Å²) >= 11 is 0. The van der Waals surface area contributed by atoms with Crippen LogP contribution in [0, 0.1) is 0 Å². The summed E-state index contributed by atoms with van der Waals surface area (Å²) in [5, 5.41) is 19.1. The summed E-state index contributed by atoms with van der Waals surface area (Å²) in [4.78, 5) is 10.1. The van der Waals surface area contributed by atoms with Crippen LogP contribution >= 0.6 is 0 Å². The monoisotopic (exact) mass is 163 g/mol. The maximum Gasteiger partial charge on any atom is 0.125 e. The number of aliphatic carboxylic acids is 1. The lowest BCUT2D eigenvalue weighted by molar-refractivity contribution is -0.439. The highest BCUT2D eigenvalue weighted by atomic mass is 16.4. The van der Waals surface area contributed by atoms with Gasteiger partial charge in [0.25, 0.3) is 0 Å². The molecule has 0 fully saturated rings. The molecule has 0 aromatic carbocycles. The van der Waals surface area contributed by atoms with Gasteiger partial charge in [0.1, 0.15) is 18.7 Å². The van der Waals surface area contributed by atoms with E-state index < -0.39 is 18.1 Å². The Kier molecular flexibility index (Phi) is 4.76. The van der Waals surface area contributed by atoms with Gasteiger partial charge >= 0.3 is 0 Å². The fourth-order valence-corrected chi connectivity index (χ4v) is 0.656. The minimum atomic E-state index is -1.17. The minimum Gasteiger partial charge on any atom is -0.544 e. The van der Waals surface area contributed by atoms with E-state index in [2.05, 4.69) is 11.5 Å². The van der Waals surface area contributed by atoms with E-state index in [0.717, 1.165) is 0 Å². The van der Waals surface area contributed by atoms with Crippen molar-refractivity contribution in [2.45, 2.75) is 25.0 Å². The van der Waals surface area contributed by atoms with Gasteiger partial charge in [-0.15, -0.1) is 0 Å². The number of hydrogen-bond acceptors (Lipinski definition) is 3. The summed E-state index contributed by atoms with van der Waals surface area (Å²) in [5.41, 5.74) is 6.83. The van der Waals surface area contributed by atoms with E-state index in [0.29, 0.717) is 19.4 Å². The van der Waals surface area contributed by atoms with E-state index in [1.807, 2.05) is 0 Å². The Morgan fingerprint density at radius 2 is 2.09 bits per heavy atom. The lowest BCUT2D eigenvalue weighted by Gasteiger charge is -2.10. The third-order valence-electron chi connectivity index (χ3n) is 1.51. The molecule has 0 aromatic heterocycles. The van der Waals surface area contributed by atoms with Crippen LogP contribution in [0.4, 0.5) is 0 Å². The van der Waals surface area contributed by atoms with Gasteiger partial charge in [0.05, 0.1) is 5.97 Å². The number of hydrogen-bond donors (Lipinski definition) is 3. The molecule has 11 heavy (non-hydrogen) atoms. The molecule has 7 N–H and O–H groups in total. The standard InChI is InChI=1S/C6H14N2O3/c7-3-4(9)1-2-5(8)6(10)11/h4-5,9H,1-3,7-8H2,(H,10,11)/p+1/t4?,5-/m0/s1. The molecule has 0 saturated carbocycles. The summed E-state index contributed by atoms with van der Waals surface area (Å²) in [7, 11) is 0. The maximum absolute atomic E-state index is 10.1. The first-order valence-corrected chi connectivity index (χ1v) is 3.59. The molecule has 0 aliphatic rings. The number of carbonyl (C=O) groups is 1. The molecule has 0 aliphatic heterocycles. The van der Waals surface area contributed by atoms with E-state index in [1.165, 1.54) is 0 Å². The average molecular weight is 163 g/mol. The van der Waals surface area contributed by atoms with Gasteiger partial charge in [-0.3, -0.25) is 0 Å². The molecule has 0 amide bonds.